The van der Waals surface area contributed by atoms with Crippen LogP contribution in [0.2, 0.25) is 0 Å². The van der Waals surface area contributed by atoms with E-state index in [1.54, 1.807) is 27.7 Å². The van der Waals surface area contributed by atoms with Gasteiger partial charge in [0.2, 0.25) is 0 Å². The molecule has 268 valence electrons. The number of aliphatic hydroxyl groups is 2. The number of hydrogen-bond donors (Lipinski definition) is 2. The minimum Gasteiger partial charge on any atom is -0.549 e. The zero-order valence-corrected chi connectivity index (χ0v) is 33.4. The molecule has 2 rings (SSSR count). The smallest absolute Gasteiger partial charge is 0.549 e. The topological polar surface area (TPSA) is 121 Å². The van der Waals surface area contributed by atoms with Crippen molar-refractivity contribution in [3.05, 3.63) is 82.9 Å². The van der Waals surface area contributed by atoms with Crippen LogP contribution >= 0.6 is 0 Å². The molecule has 49 heavy (non-hydrogen) atoms. The Morgan fingerprint density at radius 1 is 0.571 bits per heavy atom. The Morgan fingerprint density at radius 3 is 1.12 bits per heavy atom. The van der Waals surface area contributed by atoms with Crippen molar-refractivity contribution in [1.29, 1.82) is 0 Å². The van der Waals surface area contributed by atoms with E-state index in [4.69, 9.17) is 0 Å². The van der Waals surface area contributed by atoms with Crippen LogP contribution in [0.1, 0.15) is 143 Å². The third-order valence-corrected chi connectivity index (χ3v) is 10.0. The van der Waals surface area contributed by atoms with Crippen molar-refractivity contribution in [3.63, 3.8) is 0 Å². The van der Waals surface area contributed by atoms with Gasteiger partial charge in [-0.25, -0.2) is 0 Å². The number of carbonyl (C=O) groups is 2. The summed E-state index contributed by atoms with van der Waals surface area (Å²) in [5.41, 5.74) is 1.13. The molecular weight excluding hydrogens is 641 g/mol. The van der Waals surface area contributed by atoms with Gasteiger partial charge in [0, 0.05) is 10.8 Å². The summed E-state index contributed by atoms with van der Waals surface area (Å²) in [6.45, 7) is 11.5. The van der Waals surface area contributed by atoms with E-state index in [1.807, 2.05) is 72.8 Å². The molecule has 0 saturated heterocycles. The Balaban J connectivity index is 0.000000922. The average molecular weight is 703 g/mol. The maximum absolute atomic E-state index is 11.8. The zero-order chi connectivity index (χ0) is 36.0. The Hall–Kier alpha value is -1.96. The molecule has 7 heteroatoms. The summed E-state index contributed by atoms with van der Waals surface area (Å²) in [6, 6.07) is 19.5. The number of hydrogen-bond acceptors (Lipinski definition) is 6. The van der Waals surface area contributed by atoms with E-state index in [1.165, 1.54) is 0 Å². The van der Waals surface area contributed by atoms with Gasteiger partial charge in [-0.15, -0.1) is 0 Å². The standard InChI is InChI=1S/2C21H32O3.Ca/c2*1-4-7-8-12-15-18(16-17-13-10-9-11-14-17)19(22)21(5-2,6-3)20(23)24;/h2*9-11,13-14,16,19,22H,4-8,12,15H2,1-3H3,(H,23,24);/q;;+2/p-2/b2*18-16+;. The molecule has 0 saturated carbocycles. The molecule has 6 nitrogen and oxygen atoms in total. The summed E-state index contributed by atoms with van der Waals surface area (Å²) in [6.07, 6.45) is 13.4. The maximum Gasteiger partial charge on any atom is 2.00 e. The average Bonchev–Trinajstić information content (AvgIpc) is 3.10. The molecule has 0 bridgehead atoms. The molecule has 0 fully saturated rings. The fraction of sp³-hybridized carbons (Fsp3) is 0.571. The van der Waals surface area contributed by atoms with Gasteiger partial charge in [0.25, 0.3) is 0 Å². The monoisotopic (exact) mass is 702 g/mol. The molecule has 0 radical (unpaired) electrons. The van der Waals surface area contributed by atoms with Crippen molar-refractivity contribution in [2.45, 2.75) is 144 Å². The van der Waals surface area contributed by atoms with Crippen LogP contribution in [0.4, 0.5) is 0 Å². The summed E-state index contributed by atoms with van der Waals surface area (Å²) >= 11 is 0. The molecule has 2 unspecified atom stereocenters. The number of carboxylic acids is 2. The first kappa shape index (κ1) is 47.0. The summed E-state index contributed by atoms with van der Waals surface area (Å²) < 4.78 is 0. The molecule has 0 aliphatic heterocycles. The van der Waals surface area contributed by atoms with Gasteiger partial charge >= 0.3 is 37.7 Å². The molecule has 2 aromatic rings. The summed E-state index contributed by atoms with van der Waals surface area (Å²) in [7, 11) is 0. The van der Waals surface area contributed by atoms with E-state index >= 15 is 0 Å². The van der Waals surface area contributed by atoms with Gasteiger partial charge in [-0.2, -0.15) is 0 Å². The fourth-order valence-corrected chi connectivity index (χ4v) is 6.40. The van der Waals surface area contributed by atoms with Gasteiger partial charge in [-0.05, 0) is 73.6 Å². The largest absolute Gasteiger partial charge is 2.00 e. The van der Waals surface area contributed by atoms with Crippen molar-refractivity contribution >= 4 is 61.8 Å². The number of benzene rings is 2. The second kappa shape index (κ2) is 25.9. The minimum atomic E-state index is -1.22. The predicted molar refractivity (Wildman–Crippen MR) is 200 cm³/mol. The molecule has 0 amide bonds. The first-order valence-electron chi connectivity index (χ1n) is 18.3. The Kier molecular flexibility index (Phi) is 24.9. The molecule has 2 atom stereocenters. The number of carbonyl (C=O) groups excluding carboxylic acids is 2. The Bertz CT molecular complexity index is 1130. The van der Waals surface area contributed by atoms with Gasteiger partial charge in [-0.3, -0.25) is 0 Å². The molecule has 0 aliphatic carbocycles. The van der Waals surface area contributed by atoms with Gasteiger partial charge in [0.15, 0.2) is 0 Å². The first-order chi connectivity index (χ1) is 23.0. The number of unbranched alkanes of at least 4 members (excludes halogenated alkanes) is 6. The molecule has 0 aliphatic rings. The van der Waals surface area contributed by atoms with Crippen LogP contribution in [-0.4, -0.2) is 72.1 Å². The van der Waals surface area contributed by atoms with Crippen molar-refractivity contribution in [2.75, 3.05) is 0 Å². The number of aliphatic hydroxyl groups excluding tert-OH is 2. The van der Waals surface area contributed by atoms with Crippen LogP contribution in [0, 0.1) is 10.8 Å². The van der Waals surface area contributed by atoms with E-state index in [9.17, 15) is 30.0 Å². The van der Waals surface area contributed by atoms with Gasteiger partial charge < -0.3 is 30.0 Å². The van der Waals surface area contributed by atoms with E-state index in [-0.39, 0.29) is 37.7 Å². The third kappa shape index (κ3) is 14.7. The van der Waals surface area contributed by atoms with E-state index in [0.29, 0.717) is 38.5 Å². The summed E-state index contributed by atoms with van der Waals surface area (Å²) in [4.78, 5) is 23.5. The number of aliphatic carboxylic acids is 2. The third-order valence-electron chi connectivity index (χ3n) is 10.0. The van der Waals surface area contributed by atoms with Crippen molar-refractivity contribution in [3.8, 4) is 0 Å². The molecule has 2 aromatic carbocycles. The van der Waals surface area contributed by atoms with Crippen LogP contribution < -0.4 is 10.2 Å². The molecule has 0 heterocycles. The van der Waals surface area contributed by atoms with Crippen molar-refractivity contribution in [1.82, 2.24) is 0 Å². The number of carboxylic acid groups (broad SMARTS) is 2. The normalized spacial score (nSPS) is 13.5. The second-order valence-electron chi connectivity index (χ2n) is 13.0. The molecule has 0 spiro atoms. The van der Waals surface area contributed by atoms with E-state index < -0.39 is 35.0 Å². The molecule has 2 N–H and O–H groups in total. The molecular formula is C42H62CaO6. The van der Waals surface area contributed by atoms with Crippen LogP contribution in [-0.2, 0) is 9.59 Å². The Labute approximate surface area is 327 Å². The minimum absolute atomic E-state index is 0. The predicted octanol–water partition coefficient (Wildman–Crippen LogP) is 7.53. The Morgan fingerprint density at radius 2 is 0.878 bits per heavy atom. The summed E-state index contributed by atoms with van der Waals surface area (Å²) in [5.74, 6) is -2.32. The van der Waals surface area contributed by atoms with Crippen LogP contribution in [0.5, 0.6) is 0 Å². The van der Waals surface area contributed by atoms with Gasteiger partial charge in [-0.1, -0.05) is 153 Å². The van der Waals surface area contributed by atoms with Gasteiger partial charge in [0.1, 0.15) is 0 Å². The van der Waals surface area contributed by atoms with Crippen LogP contribution in [0.3, 0.4) is 0 Å². The quantitative estimate of drug-likeness (QED) is 0.0967. The second-order valence-corrected chi connectivity index (χ2v) is 13.0. The maximum atomic E-state index is 11.8. The van der Waals surface area contributed by atoms with Gasteiger partial charge in [0.05, 0.1) is 24.1 Å². The first-order valence-corrected chi connectivity index (χ1v) is 18.3. The summed E-state index contributed by atoms with van der Waals surface area (Å²) in [5, 5.41) is 45.4. The number of rotatable bonds is 22. The zero-order valence-electron chi connectivity index (χ0n) is 31.2. The SMILES string of the molecule is CCCCCC/C(=C\c1ccccc1)C(O)C(CC)(CC)C(=O)[O-].CCCCCC/C(=C\c1ccccc1)C(O)C(CC)(CC)C(=O)[O-].[Ca+2]. The van der Waals surface area contributed by atoms with Crippen molar-refractivity contribution < 1.29 is 30.0 Å². The van der Waals surface area contributed by atoms with Crippen LogP contribution in [0.25, 0.3) is 12.2 Å². The van der Waals surface area contributed by atoms with E-state index in [2.05, 4.69) is 13.8 Å². The fourth-order valence-electron chi connectivity index (χ4n) is 6.40. The van der Waals surface area contributed by atoms with Crippen molar-refractivity contribution in [2.24, 2.45) is 10.8 Å². The van der Waals surface area contributed by atoms with Crippen LogP contribution in [0.15, 0.2) is 71.8 Å². The van der Waals surface area contributed by atoms with E-state index in [0.717, 1.165) is 73.6 Å². The molecule has 0 aromatic heterocycles.